The van der Waals surface area contributed by atoms with Crippen molar-refractivity contribution in [2.75, 3.05) is 31.3 Å². The van der Waals surface area contributed by atoms with E-state index in [9.17, 15) is 0 Å². The summed E-state index contributed by atoms with van der Waals surface area (Å²) >= 11 is 1.78. The third-order valence-corrected chi connectivity index (χ3v) is 5.05. The Morgan fingerprint density at radius 1 is 1.27 bits per heavy atom. The molecule has 0 atom stereocenters. The van der Waals surface area contributed by atoms with Crippen molar-refractivity contribution in [3.8, 4) is 0 Å². The van der Waals surface area contributed by atoms with Crippen molar-refractivity contribution in [3.05, 3.63) is 72.2 Å². The minimum atomic E-state index is 0.976. The van der Waals surface area contributed by atoms with Gasteiger partial charge in [-0.25, -0.2) is 4.98 Å². The third-order valence-electron chi connectivity index (χ3n) is 4.01. The van der Waals surface area contributed by atoms with Gasteiger partial charge in [0, 0.05) is 51.5 Å². The van der Waals surface area contributed by atoms with Crippen LogP contribution in [0.4, 0.5) is 5.69 Å². The molecular formula is C21H28N4S. The highest BCUT2D eigenvalue weighted by molar-refractivity contribution is 7.99. The Kier molecular flexibility index (Phi) is 8.09. The maximum absolute atomic E-state index is 4.34. The number of benzene rings is 1. The average Bonchev–Trinajstić information content (AvgIpc) is 3.07. The van der Waals surface area contributed by atoms with E-state index >= 15 is 0 Å². The summed E-state index contributed by atoms with van der Waals surface area (Å²) in [5, 5.41) is 4.07. The number of hydrogen-bond acceptors (Lipinski definition) is 4. The molecule has 0 unspecified atom stereocenters. The molecule has 0 saturated carbocycles. The standard InChI is InChI=1S/C21H28N4S/c1-5-18(12-13-22-2)6-7-19-8-10-20(11-9-19)24(3)16-17-26-21-23-14-15-25(21)4/h5-15,22H,16-17H2,1-4H3/b7-6+,13-12-,18-5-. The van der Waals surface area contributed by atoms with E-state index < -0.39 is 0 Å². The average molecular weight is 369 g/mol. The zero-order valence-corrected chi connectivity index (χ0v) is 16.8. The van der Waals surface area contributed by atoms with Crippen LogP contribution in [0.3, 0.4) is 0 Å². The lowest BCUT2D eigenvalue weighted by atomic mass is 10.1. The summed E-state index contributed by atoms with van der Waals surface area (Å²) in [6.45, 7) is 3.02. The minimum absolute atomic E-state index is 0.976. The van der Waals surface area contributed by atoms with Crippen LogP contribution in [0.5, 0.6) is 0 Å². The maximum Gasteiger partial charge on any atom is 0.167 e. The second kappa shape index (κ2) is 10.6. The van der Waals surface area contributed by atoms with Crippen molar-refractivity contribution in [2.24, 2.45) is 7.05 Å². The Bertz CT molecular complexity index is 757. The Morgan fingerprint density at radius 2 is 2.04 bits per heavy atom. The Balaban J connectivity index is 1.87. The van der Waals surface area contributed by atoms with Gasteiger partial charge < -0.3 is 14.8 Å². The molecule has 2 rings (SSSR count). The SMILES string of the molecule is C/C=C(\C=C/NC)/C=C/c1ccc(N(C)CCSc2nccn2C)cc1. The van der Waals surface area contributed by atoms with E-state index in [1.807, 2.05) is 39.6 Å². The van der Waals surface area contributed by atoms with E-state index in [-0.39, 0.29) is 0 Å². The minimum Gasteiger partial charge on any atom is -0.394 e. The normalized spacial score (nSPS) is 12.2. The molecular weight excluding hydrogens is 340 g/mol. The molecule has 1 aromatic carbocycles. The van der Waals surface area contributed by atoms with Crippen LogP contribution < -0.4 is 10.2 Å². The first-order chi connectivity index (χ1) is 12.6. The summed E-state index contributed by atoms with van der Waals surface area (Å²) in [4.78, 5) is 6.62. The van der Waals surface area contributed by atoms with Crippen LogP contribution in [0.15, 0.2) is 71.8 Å². The molecule has 0 radical (unpaired) electrons. The number of allylic oxidation sites excluding steroid dienone is 4. The smallest absolute Gasteiger partial charge is 0.167 e. The second-order valence-corrected chi connectivity index (χ2v) is 6.99. The van der Waals surface area contributed by atoms with Gasteiger partial charge in [-0.1, -0.05) is 42.1 Å². The van der Waals surface area contributed by atoms with Crippen molar-refractivity contribution in [3.63, 3.8) is 0 Å². The van der Waals surface area contributed by atoms with E-state index in [0.717, 1.165) is 17.5 Å². The summed E-state index contributed by atoms with van der Waals surface area (Å²) in [6.07, 6.45) is 14.1. The molecule has 26 heavy (non-hydrogen) atoms. The molecule has 0 bridgehead atoms. The largest absolute Gasteiger partial charge is 0.394 e. The highest BCUT2D eigenvalue weighted by Gasteiger charge is 2.03. The van der Waals surface area contributed by atoms with Gasteiger partial charge in [-0.2, -0.15) is 0 Å². The molecule has 1 aromatic heterocycles. The van der Waals surface area contributed by atoms with Gasteiger partial charge >= 0.3 is 0 Å². The molecule has 0 saturated heterocycles. The lowest BCUT2D eigenvalue weighted by molar-refractivity contribution is 0.789. The fourth-order valence-corrected chi connectivity index (χ4v) is 3.30. The number of imidazole rings is 1. The highest BCUT2D eigenvalue weighted by atomic mass is 32.2. The Labute approximate surface area is 161 Å². The number of rotatable bonds is 9. The van der Waals surface area contributed by atoms with Gasteiger partial charge in [0.05, 0.1) is 0 Å². The Hall–Kier alpha value is -2.40. The summed E-state index contributed by atoms with van der Waals surface area (Å²) in [6, 6.07) is 8.65. The van der Waals surface area contributed by atoms with Gasteiger partial charge in [-0.15, -0.1) is 0 Å². The number of nitrogens with one attached hydrogen (secondary N) is 1. The highest BCUT2D eigenvalue weighted by Crippen LogP contribution is 2.18. The number of nitrogens with zero attached hydrogens (tertiary/aromatic N) is 3. The van der Waals surface area contributed by atoms with Crippen LogP contribution >= 0.6 is 11.8 Å². The predicted molar refractivity (Wildman–Crippen MR) is 115 cm³/mol. The molecule has 1 N–H and O–H groups in total. The van der Waals surface area contributed by atoms with Crippen molar-refractivity contribution in [1.82, 2.24) is 14.9 Å². The summed E-state index contributed by atoms with van der Waals surface area (Å²) in [5.74, 6) is 1.01. The van der Waals surface area contributed by atoms with Crippen LogP contribution in [0.1, 0.15) is 12.5 Å². The molecule has 1 heterocycles. The van der Waals surface area contributed by atoms with E-state index in [1.165, 1.54) is 16.8 Å². The van der Waals surface area contributed by atoms with Gasteiger partial charge in [0.15, 0.2) is 5.16 Å². The summed E-state index contributed by atoms with van der Waals surface area (Å²) in [5.41, 5.74) is 3.59. The zero-order valence-electron chi connectivity index (χ0n) is 16.0. The summed E-state index contributed by atoms with van der Waals surface area (Å²) in [7, 11) is 6.06. The number of hydrogen-bond donors (Lipinski definition) is 1. The van der Waals surface area contributed by atoms with Gasteiger partial charge in [0.25, 0.3) is 0 Å². The van der Waals surface area contributed by atoms with E-state index in [0.29, 0.717) is 0 Å². The van der Waals surface area contributed by atoms with Crippen LogP contribution in [0, 0.1) is 0 Å². The fraction of sp³-hybridized carbons (Fsp3) is 0.286. The summed E-state index contributed by atoms with van der Waals surface area (Å²) < 4.78 is 2.05. The first kappa shape index (κ1) is 19.9. The monoisotopic (exact) mass is 368 g/mol. The van der Waals surface area contributed by atoms with Crippen molar-refractivity contribution in [2.45, 2.75) is 12.1 Å². The topological polar surface area (TPSA) is 33.1 Å². The van der Waals surface area contributed by atoms with Gasteiger partial charge in [0.1, 0.15) is 0 Å². The molecule has 5 heteroatoms. The van der Waals surface area contributed by atoms with E-state index in [1.54, 1.807) is 11.8 Å². The number of aromatic nitrogens is 2. The number of anilines is 1. The lowest BCUT2D eigenvalue weighted by Gasteiger charge is -2.19. The molecule has 138 valence electrons. The molecule has 4 nitrogen and oxygen atoms in total. The molecule has 0 amide bonds. The van der Waals surface area contributed by atoms with E-state index in [4.69, 9.17) is 0 Å². The zero-order chi connectivity index (χ0) is 18.8. The van der Waals surface area contributed by atoms with Crippen molar-refractivity contribution < 1.29 is 0 Å². The van der Waals surface area contributed by atoms with Crippen LogP contribution in [-0.4, -0.2) is 35.9 Å². The molecule has 0 fully saturated rings. The number of aryl methyl sites for hydroxylation is 1. The first-order valence-electron chi connectivity index (χ1n) is 8.73. The van der Waals surface area contributed by atoms with Gasteiger partial charge in [-0.3, -0.25) is 0 Å². The molecule has 0 spiro atoms. The van der Waals surface area contributed by atoms with Gasteiger partial charge in [0.2, 0.25) is 0 Å². The third kappa shape index (κ3) is 6.15. The molecule has 2 aromatic rings. The predicted octanol–water partition coefficient (Wildman–Crippen LogP) is 4.34. The lowest BCUT2D eigenvalue weighted by Crippen LogP contribution is -2.20. The van der Waals surface area contributed by atoms with Crippen molar-refractivity contribution in [1.29, 1.82) is 0 Å². The van der Waals surface area contributed by atoms with Crippen molar-refractivity contribution >= 4 is 23.5 Å². The molecule has 0 aliphatic heterocycles. The van der Waals surface area contributed by atoms with E-state index in [2.05, 4.69) is 75.4 Å². The first-order valence-corrected chi connectivity index (χ1v) is 9.72. The Morgan fingerprint density at radius 3 is 2.65 bits per heavy atom. The van der Waals surface area contributed by atoms with Crippen LogP contribution in [0.2, 0.25) is 0 Å². The maximum atomic E-state index is 4.34. The van der Waals surface area contributed by atoms with Crippen LogP contribution in [0.25, 0.3) is 6.08 Å². The van der Waals surface area contributed by atoms with Gasteiger partial charge in [-0.05, 0) is 42.5 Å². The fourth-order valence-electron chi connectivity index (χ4n) is 2.35. The molecule has 0 aliphatic rings. The molecule has 0 aliphatic carbocycles. The van der Waals surface area contributed by atoms with Crippen LogP contribution in [-0.2, 0) is 7.05 Å². The number of thioether (sulfide) groups is 1. The second-order valence-electron chi connectivity index (χ2n) is 5.93. The quantitative estimate of drug-likeness (QED) is 0.527.